The number of hydrogen-bond acceptors (Lipinski definition) is 3. The van der Waals surface area contributed by atoms with E-state index in [9.17, 15) is 4.79 Å². The quantitative estimate of drug-likeness (QED) is 0.859. The summed E-state index contributed by atoms with van der Waals surface area (Å²) in [5.74, 6) is 0.958. The van der Waals surface area contributed by atoms with Gasteiger partial charge >= 0.3 is 0 Å². The molecule has 2 unspecified atom stereocenters. The van der Waals surface area contributed by atoms with Crippen molar-refractivity contribution in [2.24, 2.45) is 0 Å². The molecule has 1 N–H and O–H groups in total. The largest absolute Gasteiger partial charge is 0.349 e. The normalized spacial score (nSPS) is 22.5. The van der Waals surface area contributed by atoms with Crippen LogP contribution < -0.4 is 5.32 Å². The highest BCUT2D eigenvalue weighted by Crippen LogP contribution is 2.30. The van der Waals surface area contributed by atoms with Crippen molar-refractivity contribution < 1.29 is 4.79 Å². The van der Waals surface area contributed by atoms with Crippen LogP contribution in [0.15, 0.2) is 12.1 Å². The second kappa shape index (κ2) is 6.82. The van der Waals surface area contributed by atoms with Crippen molar-refractivity contribution >= 4 is 40.9 Å². The number of rotatable bonds is 4. The average molecular weight is 319 g/mol. The standard InChI is InChI=1S/C13H16Cl2N2OS/c1-2-19-9-4-3-8(7-9)16-13(18)10-5-6-11(14)17-12(10)15/h5-6,8-9H,2-4,7H2,1H3,(H,16,18). The molecule has 104 valence electrons. The van der Waals surface area contributed by atoms with E-state index in [1.54, 1.807) is 12.1 Å². The number of thioether (sulfide) groups is 1. The molecule has 0 aliphatic heterocycles. The fourth-order valence-electron chi connectivity index (χ4n) is 2.30. The van der Waals surface area contributed by atoms with Crippen LogP contribution in [0.25, 0.3) is 0 Å². The first-order valence-electron chi connectivity index (χ1n) is 6.34. The number of carbonyl (C=O) groups is 1. The molecule has 19 heavy (non-hydrogen) atoms. The fourth-order valence-corrected chi connectivity index (χ4v) is 3.88. The Bertz CT molecular complexity index is 470. The van der Waals surface area contributed by atoms with Crippen molar-refractivity contribution in [1.82, 2.24) is 10.3 Å². The molecule has 2 rings (SSSR count). The molecular formula is C13H16Cl2N2OS. The molecule has 0 saturated heterocycles. The van der Waals surface area contributed by atoms with E-state index >= 15 is 0 Å². The van der Waals surface area contributed by atoms with Gasteiger partial charge in [-0.15, -0.1) is 0 Å². The van der Waals surface area contributed by atoms with Gasteiger partial charge in [-0.1, -0.05) is 30.1 Å². The minimum atomic E-state index is -0.165. The van der Waals surface area contributed by atoms with E-state index in [0.29, 0.717) is 16.0 Å². The summed E-state index contributed by atoms with van der Waals surface area (Å²) < 4.78 is 0. The SMILES string of the molecule is CCSC1CCC(NC(=O)c2ccc(Cl)nc2Cl)C1. The molecular weight excluding hydrogens is 303 g/mol. The maximum absolute atomic E-state index is 12.1. The number of amides is 1. The van der Waals surface area contributed by atoms with Gasteiger partial charge in [0.05, 0.1) is 5.56 Å². The highest BCUT2D eigenvalue weighted by molar-refractivity contribution is 7.99. The van der Waals surface area contributed by atoms with Gasteiger partial charge in [-0.25, -0.2) is 4.98 Å². The second-order valence-electron chi connectivity index (χ2n) is 4.53. The van der Waals surface area contributed by atoms with E-state index in [0.717, 1.165) is 25.0 Å². The Labute approximate surface area is 127 Å². The third-order valence-electron chi connectivity index (χ3n) is 3.18. The van der Waals surface area contributed by atoms with Gasteiger partial charge in [0.2, 0.25) is 0 Å². The highest BCUT2D eigenvalue weighted by Gasteiger charge is 2.26. The Morgan fingerprint density at radius 1 is 1.47 bits per heavy atom. The van der Waals surface area contributed by atoms with Crippen LogP contribution in [0.3, 0.4) is 0 Å². The van der Waals surface area contributed by atoms with Gasteiger partial charge in [0.15, 0.2) is 0 Å². The number of carbonyl (C=O) groups excluding carboxylic acids is 1. The number of hydrogen-bond donors (Lipinski definition) is 1. The Morgan fingerprint density at radius 3 is 2.95 bits per heavy atom. The molecule has 1 aromatic heterocycles. The highest BCUT2D eigenvalue weighted by atomic mass is 35.5. The van der Waals surface area contributed by atoms with E-state index in [4.69, 9.17) is 23.2 Å². The van der Waals surface area contributed by atoms with Crippen molar-refractivity contribution in [2.75, 3.05) is 5.75 Å². The Morgan fingerprint density at radius 2 is 2.26 bits per heavy atom. The van der Waals surface area contributed by atoms with Crippen LogP contribution in [-0.4, -0.2) is 27.9 Å². The zero-order valence-electron chi connectivity index (χ0n) is 10.7. The van der Waals surface area contributed by atoms with Crippen LogP contribution in [0.5, 0.6) is 0 Å². The van der Waals surface area contributed by atoms with E-state index in [1.807, 2.05) is 11.8 Å². The minimum absolute atomic E-state index is 0.155. The summed E-state index contributed by atoms with van der Waals surface area (Å²) >= 11 is 13.6. The predicted octanol–water partition coefficient (Wildman–Crippen LogP) is 3.79. The smallest absolute Gasteiger partial charge is 0.254 e. The molecule has 0 radical (unpaired) electrons. The summed E-state index contributed by atoms with van der Waals surface area (Å²) in [6.45, 7) is 2.16. The van der Waals surface area contributed by atoms with Gasteiger partial charge in [0, 0.05) is 11.3 Å². The zero-order valence-corrected chi connectivity index (χ0v) is 13.0. The van der Waals surface area contributed by atoms with Gasteiger partial charge in [0.25, 0.3) is 5.91 Å². The van der Waals surface area contributed by atoms with Crippen LogP contribution in [0.4, 0.5) is 0 Å². The van der Waals surface area contributed by atoms with E-state index in [2.05, 4.69) is 17.2 Å². The first-order chi connectivity index (χ1) is 9.10. The first kappa shape index (κ1) is 14.9. The third-order valence-corrected chi connectivity index (χ3v) is 4.91. The molecule has 0 bridgehead atoms. The molecule has 1 heterocycles. The maximum atomic E-state index is 12.1. The number of aromatic nitrogens is 1. The monoisotopic (exact) mass is 318 g/mol. The lowest BCUT2D eigenvalue weighted by atomic mass is 10.2. The molecule has 1 amide bonds. The van der Waals surface area contributed by atoms with Crippen LogP contribution in [0.2, 0.25) is 10.3 Å². The lowest BCUT2D eigenvalue weighted by Crippen LogP contribution is -2.33. The lowest BCUT2D eigenvalue weighted by molar-refractivity contribution is 0.0938. The molecule has 1 aliphatic rings. The van der Waals surface area contributed by atoms with Crippen molar-refractivity contribution in [2.45, 2.75) is 37.5 Å². The third kappa shape index (κ3) is 4.01. The van der Waals surface area contributed by atoms with Crippen LogP contribution in [-0.2, 0) is 0 Å². The Balaban J connectivity index is 1.94. The molecule has 1 aliphatic carbocycles. The summed E-state index contributed by atoms with van der Waals surface area (Å²) in [7, 11) is 0. The van der Waals surface area contributed by atoms with E-state index < -0.39 is 0 Å². The summed E-state index contributed by atoms with van der Waals surface area (Å²) in [6.07, 6.45) is 3.22. The second-order valence-corrected chi connectivity index (χ2v) is 6.86. The number of pyridine rings is 1. The Kier molecular flexibility index (Phi) is 5.37. The van der Waals surface area contributed by atoms with Crippen molar-refractivity contribution in [3.8, 4) is 0 Å². The average Bonchev–Trinajstić information content (AvgIpc) is 2.76. The van der Waals surface area contributed by atoms with Gasteiger partial charge in [-0.3, -0.25) is 4.79 Å². The van der Waals surface area contributed by atoms with Gasteiger partial charge in [-0.05, 0) is 37.1 Å². The van der Waals surface area contributed by atoms with Crippen LogP contribution in [0, 0.1) is 0 Å². The molecule has 3 nitrogen and oxygen atoms in total. The van der Waals surface area contributed by atoms with E-state index in [-0.39, 0.29) is 17.1 Å². The summed E-state index contributed by atoms with van der Waals surface area (Å²) in [6, 6.07) is 3.43. The minimum Gasteiger partial charge on any atom is -0.349 e. The van der Waals surface area contributed by atoms with Gasteiger partial charge in [0.1, 0.15) is 10.3 Å². The molecule has 1 fully saturated rings. The topological polar surface area (TPSA) is 42.0 Å². The van der Waals surface area contributed by atoms with Crippen LogP contribution in [0.1, 0.15) is 36.5 Å². The van der Waals surface area contributed by atoms with E-state index in [1.165, 1.54) is 0 Å². The molecule has 0 spiro atoms. The molecule has 6 heteroatoms. The van der Waals surface area contributed by atoms with Crippen molar-refractivity contribution in [3.63, 3.8) is 0 Å². The molecule has 2 atom stereocenters. The van der Waals surface area contributed by atoms with Crippen LogP contribution >= 0.6 is 35.0 Å². The van der Waals surface area contributed by atoms with Gasteiger partial charge < -0.3 is 5.32 Å². The lowest BCUT2D eigenvalue weighted by Gasteiger charge is -2.13. The predicted molar refractivity (Wildman–Crippen MR) is 81.3 cm³/mol. The number of nitrogens with one attached hydrogen (secondary N) is 1. The number of halogens is 2. The zero-order chi connectivity index (χ0) is 13.8. The molecule has 0 aromatic carbocycles. The molecule has 1 aromatic rings. The van der Waals surface area contributed by atoms with Gasteiger partial charge in [-0.2, -0.15) is 11.8 Å². The van der Waals surface area contributed by atoms with Crippen molar-refractivity contribution in [1.29, 1.82) is 0 Å². The fraction of sp³-hybridized carbons (Fsp3) is 0.538. The number of nitrogens with zero attached hydrogens (tertiary/aromatic N) is 1. The summed E-state index contributed by atoms with van der Waals surface area (Å²) in [5, 5.41) is 4.13. The maximum Gasteiger partial charge on any atom is 0.254 e. The summed E-state index contributed by atoms with van der Waals surface area (Å²) in [4.78, 5) is 16.0. The summed E-state index contributed by atoms with van der Waals surface area (Å²) in [5.41, 5.74) is 0.387. The first-order valence-corrected chi connectivity index (χ1v) is 8.15. The molecule has 1 saturated carbocycles. The van der Waals surface area contributed by atoms with Crippen molar-refractivity contribution in [3.05, 3.63) is 28.0 Å². The Hall–Kier alpha value is -0.450.